The molecule has 0 unspecified atom stereocenters. The highest BCUT2D eigenvalue weighted by molar-refractivity contribution is 5.72. The largest absolute Gasteiger partial charge is 0.463 e. The number of hydrogen-bond donors (Lipinski definition) is 0. The molecule has 5 nitrogen and oxygen atoms in total. The topological polar surface area (TPSA) is 55.6 Å². The van der Waals surface area contributed by atoms with Gasteiger partial charge in [0.1, 0.15) is 5.75 Å². The van der Waals surface area contributed by atoms with E-state index in [1.807, 2.05) is 31.3 Å². The zero-order valence-electron chi connectivity index (χ0n) is 13.8. The summed E-state index contributed by atoms with van der Waals surface area (Å²) in [6, 6.07) is 13.0. The molecule has 0 amide bonds. The highest BCUT2D eigenvalue weighted by Gasteiger charge is 2.57. The summed E-state index contributed by atoms with van der Waals surface area (Å²) in [6.45, 7) is 4.33. The molecule has 1 spiro atoms. The van der Waals surface area contributed by atoms with E-state index in [0.29, 0.717) is 5.75 Å². The van der Waals surface area contributed by atoms with E-state index in [9.17, 15) is 10.1 Å². The van der Waals surface area contributed by atoms with Crippen LogP contribution in [0.25, 0.3) is 6.08 Å². The van der Waals surface area contributed by atoms with E-state index in [2.05, 4.69) is 30.9 Å². The van der Waals surface area contributed by atoms with Gasteiger partial charge >= 0.3 is 0 Å². The van der Waals surface area contributed by atoms with Crippen molar-refractivity contribution in [2.45, 2.75) is 25.0 Å². The number of rotatable bonds is 1. The number of anilines is 1. The molecule has 2 aromatic rings. The van der Waals surface area contributed by atoms with Crippen LogP contribution in [0.2, 0.25) is 0 Å². The lowest BCUT2D eigenvalue weighted by molar-refractivity contribution is -0.384. The predicted octanol–water partition coefficient (Wildman–Crippen LogP) is 4.12. The molecule has 5 heteroatoms. The van der Waals surface area contributed by atoms with Crippen LogP contribution < -0.4 is 9.64 Å². The number of nitro groups is 1. The van der Waals surface area contributed by atoms with Crippen molar-refractivity contribution in [3.05, 3.63) is 69.8 Å². The van der Waals surface area contributed by atoms with Crippen molar-refractivity contribution in [2.75, 3.05) is 11.9 Å². The van der Waals surface area contributed by atoms with Crippen LogP contribution in [-0.4, -0.2) is 17.7 Å². The number of ether oxygens (including phenoxy) is 1. The Bertz CT molecular complexity index is 888. The Labute approximate surface area is 140 Å². The third kappa shape index (κ3) is 1.69. The lowest BCUT2D eigenvalue weighted by Crippen LogP contribution is -2.58. The Morgan fingerprint density at radius 2 is 1.92 bits per heavy atom. The average molecular weight is 322 g/mol. The fraction of sp³-hybridized carbons (Fsp3) is 0.263. The summed E-state index contributed by atoms with van der Waals surface area (Å²) in [7, 11) is 2.02. The van der Waals surface area contributed by atoms with Crippen LogP contribution >= 0.6 is 0 Å². The molecular weight excluding hydrogens is 304 g/mol. The molecule has 2 aliphatic rings. The first-order valence-electron chi connectivity index (χ1n) is 7.87. The fourth-order valence-corrected chi connectivity index (χ4v) is 3.88. The number of para-hydroxylation sites is 1. The zero-order chi connectivity index (χ0) is 17.1. The van der Waals surface area contributed by atoms with Crippen molar-refractivity contribution < 1.29 is 9.66 Å². The Balaban J connectivity index is 1.84. The molecule has 0 radical (unpaired) electrons. The van der Waals surface area contributed by atoms with Crippen molar-refractivity contribution in [3.8, 4) is 5.75 Å². The van der Waals surface area contributed by atoms with Crippen molar-refractivity contribution in [1.82, 2.24) is 0 Å². The van der Waals surface area contributed by atoms with Gasteiger partial charge in [0.05, 0.1) is 10.3 Å². The molecular formula is C19H18N2O3. The molecule has 24 heavy (non-hydrogen) atoms. The lowest BCUT2D eigenvalue weighted by Gasteiger charge is -2.45. The third-order valence-corrected chi connectivity index (χ3v) is 5.29. The molecule has 2 aromatic carbocycles. The standard InChI is InChI=1S/C19H18N2O3/c1-18(2)15-6-4-5-7-16(15)20(3)19(18)11-10-13-12-14(21(22)23)8-9-17(13)24-19/h4-12H,1-3H3/t19-/m1/s1. The molecule has 2 aliphatic heterocycles. The second kappa shape index (κ2) is 4.60. The molecule has 0 aliphatic carbocycles. The van der Waals surface area contributed by atoms with Crippen molar-refractivity contribution >= 4 is 17.5 Å². The molecule has 0 saturated carbocycles. The summed E-state index contributed by atoms with van der Waals surface area (Å²) in [5.41, 5.74) is 2.24. The van der Waals surface area contributed by atoms with Crippen LogP contribution in [0.15, 0.2) is 48.5 Å². The van der Waals surface area contributed by atoms with Gasteiger partial charge < -0.3 is 9.64 Å². The molecule has 1 atom stereocenters. The summed E-state index contributed by atoms with van der Waals surface area (Å²) in [5.74, 6) is 0.663. The fourth-order valence-electron chi connectivity index (χ4n) is 3.88. The molecule has 0 N–H and O–H groups in total. The maximum Gasteiger partial charge on any atom is 0.270 e. The summed E-state index contributed by atoms with van der Waals surface area (Å²) >= 11 is 0. The second-order valence-corrected chi connectivity index (χ2v) is 6.81. The zero-order valence-corrected chi connectivity index (χ0v) is 13.8. The van der Waals surface area contributed by atoms with Gasteiger partial charge in [-0.05, 0) is 43.7 Å². The summed E-state index contributed by atoms with van der Waals surface area (Å²) in [6.07, 6.45) is 3.94. The van der Waals surface area contributed by atoms with E-state index >= 15 is 0 Å². The SMILES string of the molecule is CN1c2ccccc2C(C)(C)[C@]12C=Cc1cc([N+](=O)[O-])ccc1O2. The molecule has 2 heterocycles. The average Bonchev–Trinajstić information content (AvgIpc) is 2.74. The van der Waals surface area contributed by atoms with Crippen molar-refractivity contribution in [3.63, 3.8) is 0 Å². The number of likely N-dealkylation sites (N-methyl/N-ethyl adjacent to an activating group) is 1. The maximum absolute atomic E-state index is 11.0. The minimum absolute atomic E-state index is 0.0697. The number of fused-ring (bicyclic) bond motifs is 2. The van der Waals surface area contributed by atoms with Crippen LogP contribution in [0.4, 0.5) is 11.4 Å². The monoisotopic (exact) mass is 322 g/mol. The van der Waals surface area contributed by atoms with Crippen LogP contribution in [0, 0.1) is 10.1 Å². The minimum Gasteiger partial charge on any atom is -0.463 e. The third-order valence-electron chi connectivity index (χ3n) is 5.29. The summed E-state index contributed by atoms with van der Waals surface area (Å²) in [5, 5.41) is 11.0. The first-order chi connectivity index (χ1) is 11.4. The molecule has 0 bridgehead atoms. The number of benzene rings is 2. The normalized spacial score (nSPS) is 22.9. The van der Waals surface area contributed by atoms with Gasteiger partial charge in [0.2, 0.25) is 5.72 Å². The van der Waals surface area contributed by atoms with Crippen molar-refractivity contribution in [2.24, 2.45) is 0 Å². The predicted molar refractivity (Wildman–Crippen MR) is 93.4 cm³/mol. The minimum atomic E-state index is -0.653. The van der Waals surface area contributed by atoms with Gasteiger partial charge in [-0.3, -0.25) is 10.1 Å². The van der Waals surface area contributed by atoms with E-state index in [1.165, 1.54) is 11.6 Å². The Kier molecular flexibility index (Phi) is 2.83. The lowest BCUT2D eigenvalue weighted by atomic mass is 9.76. The van der Waals surface area contributed by atoms with Crippen LogP contribution in [-0.2, 0) is 5.41 Å². The van der Waals surface area contributed by atoms with Crippen LogP contribution in [0.3, 0.4) is 0 Å². The number of nitro benzene ring substituents is 1. The summed E-state index contributed by atoms with van der Waals surface area (Å²) < 4.78 is 6.44. The van der Waals surface area contributed by atoms with Gasteiger partial charge in [0, 0.05) is 30.4 Å². The van der Waals surface area contributed by atoms with E-state index in [0.717, 1.165) is 11.3 Å². The van der Waals surface area contributed by atoms with Crippen LogP contribution in [0.1, 0.15) is 25.0 Å². The first-order valence-corrected chi connectivity index (χ1v) is 7.87. The highest BCUT2D eigenvalue weighted by Crippen LogP contribution is 2.54. The highest BCUT2D eigenvalue weighted by atomic mass is 16.6. The molecule has 0 fully saturated rings. The first kappa shape index (κ1) is 14.8. The van der Waals surface area contributed by atoms with Gasteiger partial charge in [-0.15, -0.1) is 0 Å². The van der Waals surface area contributed by atoms with Gasteiger partial charge in [-0.2, -0.15) is 0 Å². The quantitative estimate of drug-likeness (QED) is 0.585. The van der Waals surface area contributed by atoms with Crippen molar-refractivity contribution in [1.29, 1.82) is 0 Å². The van der Waals surface area contributed by atoms with Gasteiger partial charge in [0.25, 0.3) is 5.69 Å². The van der Waals surface area contributed by atoms with E-state index < -0.39 is 5.72 Å². The Hall–Kier alpha value is -2.82. The van der Waals surface area contributed by atoms with E-state index in [1.54, 1.807) is 12.1 Å². The van der Waals surface area contributed by atoms with Gasteiger partial charge in [-0.25, -0.2) is 0 Å². The number of nitrogens with zero attached hydrogens (tertiary/aromatic N) is 2. The maximum atomic E-state index is 11.0. The smallest absolute Gasteiger partial charge is 0.270 e. The summed E-state index contributed by atoms with van der Waals surface area (Å²) in [4.78, 5) is 12.7. The van der Waals surface area contributed by atoms with Crippen LogP contribution in [0.5, 0.6) is 5.75 Å². The Morgan fingerprint density at radius 1 is 1.17 bits per heavy atom. The van der Waals surface area contributed by atoms with E-state index in [-0.39, 0.29) is 16.0 Å². The Morgan fingerprint density at radius 3 is 2.62 bits per heavy atom. The number of non-ortho nitro benzene ring substituents is 1. The number of hydrogen-bond acceptors (Lipinski definition) is 4. The van der Waals surface area contributed by atoms with Gasteiger partial charge in [-0.1, -0.05) is 18.2 Å². The van der Waals surface area contributed by atoms with E-state index in [4.69, 9.17) is 4.74 Å². The molecule has 122 valence electrons. The molecule has 4 rings (SSSR count). The second-order valence-electron chi connectivity index (χ2n) is 6.81. The van der Waals surface area contributed by atoms with Gasteiger partial charge in [0.15, 0.2) is 0 Å². The molecule has 0 saturated heterocycles. The molecule has 0 aromatic heterocycles.